The average Bonchev–Trinajstić information content (AvgIpc) is 2.40. The van der Waals surface area contributed by atoms with Crippen molar-refractivity contribution in [3.8, 4) is 6.07 Å². The SMILES string of the molecule is N#Cc1cc(N)ccc1S(=O)(=O)Nc1cccnc1Br. The summed E-state index contributed by atoms with van der Waals surface area (Å²) in [5.41, 5.74) is 6.13. The van der Waals surface area contributed by atoms with Crippen LogP contribution >= 0.6 is 15.9 Å². The number of nitriles is 1. The summed E-state index contributed by atoms with van der Waals surface area (Å²) >= 11 is 3.15. The Morgan fingerprint density at radius 3 is 2.75 bits per heavy atom. The fourth-order valence-corrected chi connectivity index (χ4v) is 3.22. The van der Waals surface area contributed by atoms with Crippen LogP contribution in [-0.2, 0) is 10.0 Å². The van der Waals surface area contributed by atoms with Crippen molar-refractivity contribution in [1.29, 1.82) is 5.26 Å². The maximum Gasteiger partial charge on any atom is 0.263 e. The van der Waals surface area contributed by atoms with Crippen LogP contribution < -0.4 is 10.5 Å². The second kappa shape index (κ2) is 5.48. The Morgan fingerprint density at radius 1 is 1.35 bits per heavy atom. The van der Waals surface area contributed by atoms with E-state index in [1.54, 1.807) is 12.1 Å². The Labute approximate surface area is 124 Å². The van der Waals surface area contributed by atoms with Crippen molar-refractivity contribution in [2.24, 2.45) is 0 Å². The van der Waals surface area contributed by atoms with E-state index in [1.165, 1.54) is 24.4 Å². The molecule has 0 unspecified atom stereocenters. The fraction of sp³-hybridized carbons (Fsp3) is 0. The lowest BCUT2D eigenvalue weighted by Gasteiger charge is -2.10. The second-order valence-electron chi connectivity index (χ2n) is 3.81. The lowest BCUT2D eigenvalue weighted by molar-refractivity contribution is 0.601. The van der Waals surface area contributed by atoms with Crippen LogP contribution in [0.1, 0.15) is 5.56 Å². The molecule has 6 nitrogen and oxygen atoms in total. The molecule has 0 saturated carbocycles. The number of nitrogens with one attached hydrogen (secondary N) is 1. The second-order valence-corrected chi connectivity index (χ2v) is 6.22. The van der Waals surface area contributed by atoms with Crippen molar-refractivity contribution in [2.75, 3.05) is 10.5 Å². The first-order chi connectivity index (χ1) is 9.44. The number of nitrogen functional groups attached to an aromatic ring is 1. The standard InChI is InChI=1S/C12H9BrN4O2S/c13-12-10(2-1-5-16-12)17-20(18,19)11-4-3-9(15)6-8(11)7-14/h1-6,17H,15H2. The molecular weight excluding hydrogens is 344 g/mol. The number of hydrogen-bond acceptors (Lipinski definition) is 5. The third-order valence-electron chi connectivity index (χ3n) is 2.42. The van der Waals surface area contributed by atoms with Crippen LogP contribution in [0.3, 0.4) is 0 Å². The Hall–Kier alpha value is -2.11. The highest BCUT2D eigenvalue weighted by atomic mass is 79.9. The van der Waals surface area contributed by atoms with Gasteiger partial charge in [0.15, 0.2) is 0 Å². The molecule has 2 rings (SSSR count). The van der Waals surface area contributed by atoms with Crippen LogP contribution in [0, 0.1) is 11.3 Å². The molecular formula is C12H9BrN4O2S. The largest absolute Gasteiger partial charge is 0.399 e. The predicted molar refractivity (Wildman–Crippen MR) is 78.3 cm³/mol. The highest BCUT2D eigenvalue weighted by Crippen LogP contribution is 2.24. The number of hydrogen-bond donors (Lipinski definition) is 2. The van der Waals surface area contributed by atoms with Gasteiger partial charge in [0.2, 0.25) is 0 Å². The van der Waals surface area contributed by atoms with Gasteiger partial charge in [-0.1, -0.05) is 0 Å². The summed E-state index contributed by atoms with van der Waals surface area (Å²) in [6.45, 7) is 0. The minimum absolute atomic E-state index is 0.0162. The van der Waals surface area contributed by atoms with Crippen molar-refractivity contribution in [3.63, 3.8) is 0 Å². The Bertz CT molecular complexity index is 799. The number of sulfonamides is 1. The van der Waals surface area contributed by atoms with Crippen LogP contribution in [0.4, 0.5) is 11.4 Å². The van der Waals surface area contributed by atoms with E-state index >= 15 is 0 Å². The molecule has 102 valence electrons. The van der Waals surface area contributed by atoms with Gasteiger partial charge in [-0.15, -0.1) is 0 Å². The Kier molecular flexibility index (Phi) is 3.92. The number of nitrogens with zero attached hydrogens (tertiary/aromatic N) is 2. The zero-order valence-electron chi connectivity index (χ0n) is 10.0. The summed E-state index contributed by atoms with van der Waals surface area (Å²) in [7, 11) is -3.89. The van der Waals surface area contributed by atoms with Gasteiger partial charge in [-0.05, 0) is 46.3 Å². The quantitative estimate of drug-likeness (QED) is 0.649. The number of pyridine rings is 1. The molecule has 0 aliphatic rings. The van der Waals surface area contributed by atoms with E-state index in [2.05, 4.69) is 25.6 Å². The molecule has 0 bridgehead atoms. The number of anilines is 2. The van der Waals surface area contributed by atoms with E-state index in [-0.39, 0.29) is 16.1 Å². The topological polar surface area (TPSA) is 109 Å². The monoisotopic (exact) mass is 352 g/mol. The molecule has 0 spiro atoms. The summed E-state index contributed by atoms with van der Waals surface area (Å²) in [4.78, 5) is 3.78. The lowest BCUT2D eigenvalue weighted by Crippen LogP contribution is -2.15. The van der Waals surface area contributed by atoms with Crippen LogP contribution in [-0.4, -0.2) is 13.4 Å². The van der Waals surface area contributed by atoms with Crippen molar-refractivity contribution in [3.05, 3.63) is 46.7 Å². The number of nitrogens with two attached hydrogens (primary N) is 1. The van der Waals surface area contributed by atoms with Gasteiger partial charge in [-0.2, -0.15) is 5.26 Å². The molecule has 8 heteroatoms. The summed E-state index contributed by atoms with van der Waals surface area (Å²) in [5, 5.41) is 9.01. The van der Waals surface area contributed by atoms with Gasteiger partial charge in [-0.3, -0.25) is 4.72 Å². The van der Waals surface area contributed by atoms with E-state index in [0.29, 0.717) is 10.3 Å². The average molecular weight is 353 g/mol. The van der Waals surface area contributed by atoms with Gasteiger partial charge in [0.25, 0.3) is 10.0 Å². The number of halogens is 1. The first-order valence-corrected chi connectivity index (χ1v) is 7.64. The van der Waals surface area contributed by atoms with E-state index in [4.69, 9.17) is 11.0 Å². The van der Waals surface area contributed by atoms with Gasteiger partial charge in [0, 0.05) is 11.9 Å². The minimum Gasteiger partial charge on any atom is -0.399 e. The van der Waals surface area contributed by atoms with E-state index < -0.39 is 10.0 Å². The molecule has 0 atom stereocenters. The van der Waals surface area contributed by atoms with Crippen LogP contribution in [0.5, 0.6) is 0 Å². The fourth-order valence-electron chi connectivity index (χ4n) is 1.53. The smallest absolute Gasteiger partial charge is 0.263 e. The van der Waals surface area contributed by atoms with Crippen LogP contribution in [0.15, 0.2) is 46.0 Å². The van der Waals surface area contributed by atoms with Gasteiger partial charge in [0.05, 0.1) is 11.3 Å². The van der Waals surface area contributed by atoms with E-state index in [0.717, 1.165) is 0 Å². The molecule has 1 aromatic heterocycles. The normalized spacial score (nSPS) is 10.8. The molecule has 0 fully saturated rings. The molecule has 0 aliphatic heterocycles. The van der Waals surface area contributed by atoms with E-state index in [1.807, 2.05) is 6.07 Å². The minimum atomic E-state index is -3.89. The highest BCUT2D eigenvalue weighted by molar-refractivity contribution is 9.10. The first kappa shape index (κ1) is 14.3. The molecule has 2 aromatic rings. The summed E-state index contributed by atoms with van der Waals surface area (Å²) in [6.07, 6.45) is 1.52. The lowest BCUT2D eigenvalue weighted by atomic mass is 10.2. The number of aromatic nitrogens is 1. The summed E-state index contributed by atoms with van der Waals surface area (Å²) < 4.78 is 27.3. The molecule has 1 aromatic carbocycles. The van der Waals surface area contributed by atoms with Crippen molar-refractivity contribution in [1.82, 2.24) is 4.98 Å². The molecule has 0 aliphatic carbocycles. The number of benzene rings is 1. The molecule has 0 saturated heterocycles. The summed E-state index contributed by atoms with van der Waals surface area (Å²) in [6, 6.07) is 8.99. The van der Waals surface area contributed by atoms with Gasteiger partial charge in [0.1, 0.15) is 15.6 Å². The van der Waals surface area contributed by atoms with Crippen LogP contribution in [0.25, 0.3) is 0 Å². The Morgan fingerprint density at radius 2 is 2.10 bits per heavy atom. The Balaban J connectivity index is 2.47. The van der Waals surface area contributed by atoms with Crippen molar-refractivity contribution >= 4 is 37.3 Å². The molecule has 3 N–H and O–H groups in total. The number of rotatable bonds is 3. The van der Waals surface area contributed by atoms with Crippen molar-refractivity contribution in [2.45, 2.75) is 4.90 Å². The van der Waals surface area contributed by atoms with Gasteiger partial charge >= 0.3 is 0 Å². The molecule has 0 amide bonds. The zero-order chi connectivity index (χ0) is 14.8. The zero-order valence-corrected chi connectivity index (χ0v) is 12.4. The predicted octanol–water partition coefficient (Wildman–Crippen LogP) is 2.10. The van der Waals surface area contributed by atoms with E-state index in [9.17, 15) is 8.42 Å². The first-order valence-electron chi connectivity index (χ1n) is 5.37. The highest BCUT2D eigenvalue weighted by Gasteiger charge is 2.20. The third-order valence-corrected chi connectivity index (χ3v) is 4.47. The maximum absolute atomic E-state index is 12.3. The van der Waals surface area contributed by atoms with Gasteiger partial charge in [-0.25, -0.2) is 13.4 Å². The molecule has 1 heterocycles. The van der Waals surface area contributed by atoms with Gasteiger partial charge < -0.3 is 5.73 Å². The molecule has 20 heavy (non-hydrogen) atoms. The maximum atomic E-state index is 12.3. The molecule has 0 radical (unpaired) electrons. The third kappa shape index (κ3) is 2.89. The van der Waals surface area contributed by atoms with Crippen molar-refractivity contribution < 1.29 is 8.42 Å². The van der Waals surface area contributed by atoms with Crippen LogP contribution in [0.2, 0.25) is 0 Å². The summed E-state index contributed by atoms with van der Waals surface area (Å²) in [5.74, 6) is 0.